The van der Waals surface area contributed by atoms with E-state index >= 15 is 0 Å². The number of carbonyl (C=O) groups excluding carboxylic acids is 7. The Morgan fingerprint density at radius 3 is 2.24 bits per heavy atom. The van der Waals surface area contributed by atoms with Crippen molar-refractivity contribution in [1.82, 2.24) is 20.4 Å². The Hall–Kier alpha value is -4.59. The summed E-state index contributed by atoms with van der Waals surface area (Å²) in [5.74, 6) is -0.964. The molecule has 2 aliphatic carbocycles. The van der Waals surface area contributed by atoms with E-state index in [1.165, 1.54) is 4.90 Å². The number of allylic oxidation sites excluding steroid dienone is 1. The van der Waals surface area contributed by atoms with Gasteiger partial charge in [-0.25, -0.2) is 4.79 Å². The van der Waals surface area contributed by atoms with E-state index in [0.717, 1.165) is 51.4 Å². The Morgan fingerprint density at radius 1 is 0.963 bits per heavy atom. The molecule has 0 spiro atoms. The van der Waals surface area contributed by atoms with Crippen molar-refractivity contribution in [2.24, 2.45) is 29.1 Å². The molecule has 0 aromatic heterocycles. The minimum Gasteiger partial charge on any atom is -0.333 e. The third-order valence-electron chi connectivity index (χ3n) is 12.1. The summed E-state index contributed by atoms with van der Waals surface area (Å²) in [6.07, 6.45) is 14.7. The van der Waals surface area contributed by atoms with Crippen LogP contribution in [0.1, 0.15) is 125 Å². The van der Waals surface area contributed by atoms with E-state index < -0.39 is 58.9 Å². The van der Waals surface area contributed by atoms with Gasteiger partial charge in [0.2, 0.25) is 11.7 Å². The summed E-state index contributed by atoms with van der Waals surface area (Å²) in [7, 11) is 0. The van der Waals surface area contributed by atoms with Crippen LogP contribution in [0.4, 0.5) is 4.79 Å². The lowest BCUT2D eigenvalue weighted by Crippen LogP contribution is -2.60. The molecule has 1 saturated heterocycles. The molecule has 6 atom stereocenters. The van der Waals surface area contributed by atoms with Gasteiger partial charge in [-0.1, -0.05) is 64.7 Å². The second kappa shape index (κ2) is 17.7. The van der Waals surface area contributed by atoms with Crippen LogP contribution in [0.2, 0.25) is 0 Å². The van der Waals surface area contributed by atoms with Crippen molar-refractivity contribution in [3.05, 3.63) is 48.0 Å². The molecule has 4 aliphatic rings. The third kappa shape index (κ3) is 9.02. The molecular weight excluding hydrogens is 684 g/mol. The summed E-state index contributed by atoms with van der Waals surface area (Å²) < 4.78 is 0. The third-order valence-corrected chi connectivity index (χ3v) is 12.1. The molecule has 0 bridgehead atoms. The lowest BCUT2D eigenvalue weighted by Gasteiger charge is -2.37. The number of imide groups is 1. The van der Waals surface area contributed by atoms with Crippen LogP contribution in [0.15, 0.2) is 36.9 Å². The Morgan fingerprint density at radius 2 is 1.63 bits per heavy atom. The van der Waals surface area contributed by atoms with Gasteiger partial charge in [0.1, 0.15) is 6.04 Å². The first-order valence-corrected chi connectivity index (χ1v) is 19.7. The van der Waals surface area contributed by atoms with Crippen LogP contribution in [0, 0.1) is 41.4 Å². The maximum Gasteiger partial charge on any atom is 0.315 e. The summed E-state index contributed by atoms with van der Waals surface area (Å²) in [5.41, 5.74) is 0.0858. The van der Waals surface area contributed by atoms with Gasteiger partial charge in [-0.2, -0.15) is 0 Å². The highest BCUT2D eigenvalue weighted by atomic mass is 16.2. The van der Waals surface area contributed by atoms with Crippen molar-refractivity contribution < 1.29 is 33.6 Å². The Kier molecular flexibility index (Phi) is 13.3. The fourth-order valence-electron chi connectivity index (χ4n) is 8.97. The fraction of sp³-hybridized carbons (Fsp3) is 0.605. The summed E-state index contributed by atoms with van der Waals surface area (Å²) in [6, 6.07) is 3.75. The zero-order chi connectivity index (χ0) is 39.2. The van der Waals surface area contributed by atoms with Crippen molar-refractivity contribution in [1.29, 1.82) is 0 Å². The number of terminal acetylenes is 1. The van der Waals surface area contributed by atoms with E-state index in [4.69, 9.17) is 6.42 Å². The number of ketones is 3. The Labute approximate surface area is 319 Å². The van der Waals surface area contributed by atoms with Gasteiger partial charge in [-0.05, 0) is 73.8 Å². The number of amides is 5. The van der Waals surface area contributed by atoms with Crippen LogP contribution in [0.25, 0.3) is 0 Å². The predicted molar refractivity (Wildman–Crippen MR) is 204 cm³/mol. The van der Waals surface area contributed by atoms with Gasteiger partial charge in [0.15, 0.2) is 11.6 Å². The van der Waals surface area contributed by atoms with Crippen LogP contribution in [-0.2, 0) is 19.2 Å². The first-order valence-electron chi connectivity index (χ1n) is 19.7. The molecule has 1 unspecified atom stereocenters. The van der Waals surface area contributed by atoms with E-state index in [0.29, 0.717) is 24.1 Å². The topological polar surface area (TPSA) is 150 Å². The van der Waals surface area contributed by atoms with Crippen LogP contribution in [-0.4, -0.2) is 82.1 Å². The second-order valence-corrected chi connectivity index (χ2v) is 16.7. The molecule has 11 heteroatoms. The zero-order valence-electron chi connectivity index (χ0n) is 32.1. The number of rotatable bonds is 16. The lowest BCUT2D eigenvalue weighted by molar-refractivity contribution is -0.143. The molecule has 2 saturated carbocycles. The lowest BCUT2D eigenvalue weighted by atomic mass is 9.82. The number of nitrogens with one attached hydrogen (secondary N) is 2. The number of Topliss-reactive ketones (excluding diaryl/α,β-unsaturated/α-hetero) is 3. The number of hydrogen-bond acceptors (Lipinski definition) is 7. The summed E-state index contributed by atoms with van der Waals surface area (Å²) in [5, 5.41) is 6.01. The van der Waals surface area contributed by atoms with Gasteiger partial charge in [0.25, 0.3) is 11.8 Å². The number of nitrogens with zero attached hydrogens (tertiary/aromatic N) is 2. The van der Waals surface area contributed by atoms with Crippen LogP contribution >= 0.6 is 0 Å². The van der Waals surface area contributed by atoms with Crippen molar-refractivity contribution >= 4 is 41.1 Å². The van der Waals surface area contributed by atoms with E-state index in [2.05, 4.69) is 23.1 Å². The van der Waals surface area contributed by atoms with Crippen LogP contribution in [0.5, 0.6) is 0 Å². The smallest absolute Gasteiger partial charge is 0.315 e. The second-order valence-electron chi connectivity index (χ2n) is 16.7. The molecule has 1 aromatic carbocycles. The normalized spacial score (nSPS) is 22.8. The summed E-state index contributed by atoms with van der Waals surface area (Å²) in [6.45, 7) is 9.70. The van der Waals surface area contributed by atoms with E-state index in [1.807, 2.05) is 20.8 Å². The van der Waals surface area contributed by atoms with Crippen molar-refractivity contribution in [3.8, 4) is 12.3 Å². The fourth-order valence-corrected chi connectivity index (χ4v) is 8.97. The molecular formula is C43H56N4O7. The van der Waals surface area contributed by atoms with Crippen LogP contribution in [0.3, 0.4) is 0 Å². The Balaban J connectivity index is 1.36. The molecule has 2 aliphatic heterocycles. The maximum absolute atomic E-state index is 14.8. The zero-order valence-corrected chi connectivity index (χ0v) is 32.1. The number of fused-ring (bicyclic) bond motifs is 2. The van der Waals surface area contributed by atoms with Crippen molar-refractivity contribution in [2.75, 3.05) is 13.1 Å². The highest BCUT2D eigenvalue weighted by Gasteiger charge is 2.51. The van der Waals surface area contributed by atoms with Gasteiger partial charge < -0.3 is 15.5 Å². The number of hydrogen-bond donors (Lipinski definition) is 2. The maximum atomic E-state index is 14.8. The standard InChI is InChI=1S/C43H56N4O7/c1-6-8-16-28(38(50)33(48)23-9-7-2)24-34(49)37-30-22-15-19-29(30)25-46(37)41(53)36(27-17-11-10-12-18-27)45-42(54)44-35(43(3,4)5)26-47-39(51)31-20-13-14-21-32(31)40(47)52/h1,7,13-14,20-21,27-30,35-37H,2,8-12,15-19,22-26H2,3-5H3,(H2,44,45,54)/t28?,29-,30-,35+,36-,37-/m0/s1. The molecule has 2 N–H and O–H groups in total. The minimum absolute atomic E-state index is 0.0208. The molecule has 2 heterocycles. The molecule has 5 amide bonds. The monoisotopic (exact) mass is 740 g/mol. The van der Waals surface area contributed by atoms with Crippen molar-refractivity contribution in [2.45, 2.75) is 122 Å². The summed E-state index contributed by atoms with van der Waals surface area (Å²) in [4.78, 5) is 98.3. The average Bonchev–Trinajstić information content (AvgIpc) is 3.83. The largest absolute Gasteiger partial charge is 0.333 e. The molecule has 290 valence electrons. The summed E-state index contributed by atoms with van der Waals surface area (Å²) >= 11 is 0. The number of likely N-dealkylation sites (tertiary alicyclic amines) is 1. The van der Waals surface area contributed by atoms with E-state index in [-0.39, 0.29) is 61.7 Å². The van der Waals surface area contributed by atoms with Gasteiger partial charge in [-0.15, -0.1) is 18.9 Å². The molecule has 54 heavy (non-hydrogen) atoms. The Bertz CT molecular complexity index is 1650. The van der Waals surface area contributed by atoms with Crippen LogP contribution < -0.4 is 10.6 Å². The predicted octanol–water partition coefficient (Wildman–Crippen LogP) is 5.67. The van der Waals surface area contributed by atoms with Gasteiger partial charge >= 0.3 is 6.03 Å². The molecule has 1 aromatic rings. The molecule has 3 fully saturated rings. The van der Waals surface area contributed by atoms with Gasteiger partial charge in [0.05, 0.1) is 29.8 Å². The number of benzene rings is 1. The van der Waals surface area contributed by atoms with E-state index in [1.54, 1.807) is 35.2 Å². The van der Waals surface area contributed by atoms with Gasteiger partial charge in [0, 0.05) is 31.7 Å². The SMILES string of the molecule is C#CCCC(CC(=O)[C@@H]1[C@H]2CCC[C@H]2CN1C(=O)[C@@H](NC(=O)N[C@H](CN1C(=O)c2ccccc2C1=O)C(C)(C)C)C1CCCCC1)C(=O)C(=O)CCC=C. The molecule has 11 nitrogen and oxygen atoms in total. The first kappa shape index (κ1) is 40.6. The highest BCUT2D eigenvalue weighted by molar-refractivity contribution is 6.38. The first-order chi connectivity index (χ1) is 25.8. The molecule has 5 rings (SSSR count). The quantitative estimate of drug-likeness (QED) is 0.0961. The van der Waals surface area contributed by atoms with Gasteiger partial charge in [-0.3, -0.25) is 33.7 Å². The van der Waals surface area contributed by atoms with Crippen molar-refractivity contribution in [3.63, 3.8) is 0 Å². The van der Waals surface area contributed by atoms with E-state index in [9.17, 15) is 33.6 Å². The number of urea groups is 1. The average molecular weight is 741 g/mol. The number of carbonyl (C=O) groups is 7. The highest BCUT2D eigenvalue weighted by Crippen LogP contribution is 2.44. The molecule has 0 radical (unpaired) electrons. The minimum atomic E-state index is -0.904.